The molecule has 0 spiro atoms. The summed E-state index contributed by atoms with van der Waals surface area (Å²) in [4.78, 5) is 10.7. The summed E-state index contributed by atoms with van der Waals surface area (Å²) < 4.78 is 0. The lowest BCUT2D eigenvalue weighted by Gasteiger charge is -2.09. The molecule has 3 aromatic rings. The highest BCUT2D eigenvalue weighted by atomic mass is 16.4. The normalized spacial score (nSPS) is 19.1. The third-order valence-corrected chi connectivity index (χ3v) is 5.24. The molecule has 4 N–H and O–H groups in total. The molecule has 0 unspecified atom stereocenters. The molecular formula is C23H25NO3. The Kier molecular flexibility index (Phi) is 5.59. The van der Waals surface area contributed by atoms with Gasteiger partial charge in [-0.05, 0) is 52.9 Å². The molecule has 4 heteroatoms. The molecule has 0 bridgehead atoms. The van der Waals surface area contributed by atoms with Gasteiger partial charge in [-0.15, -0.1) is 0 Å². The Balaban J connectivity index is 0.000000161. The number of nitrogens with two attached hydrogens (primary N) is 1. The molecule has 140 valence electrons. The third kappa shape index (κ3) is 4.02. The van der Waals surface area contributed by atoms with Crippen molar-refractivity contribution in [1.82, 2.24) is 0 Å². The van der Waals surface area contributed by atoms with Gasteiger partial charge >= 0.3 is 5.97 Å². The van der Waals surface area contributed by atoms with Crippen LogP contribution in [0.5, 0.6) is 0 Å². The van der Waals surface area contributed by atoms with Gasteiger partial charge in [0.15, 0.2) is 0 Å². The lowest BCUT2D eigenvalue weighted by atomic mass is 9.97. The quantitative estimate of drug-likeness (QED) is 0.644. The third-order valence-electron chi connectivity index (χ3n) is 5.24. The maximum absolute atomic E-state index is 10.7. The number of hydrogen-bond donors (Lipinski definition) is 3. The summed E-state index contributed by atoms with van der Waals surface area (Å²) in [6.45, 7) is 3.62. The first-order chi connectivity index (χ1) is 12.9. The Labute approximate surface area is 159 Å². The zero-order valence-electron chi connectivity index (χ0n) is 15.6. The Morgan fingerprint density at radius 3 is 2.30 bits per heavy atom. The summed E-state index contributed by atoms with van der Waals surface area (Å²) in [5.74, 6) is -1.18. The van der Waals surface area contributed by atoms with E-state index in [-0.39, 0.29) is 6.04 Å². The molecule has 1 aliphatic carbocycles. The molecule has 1 aliphatic rings. The van der Waals surface area contributed by atoms with E-state index in [1.165, 1.54) is 16.3 Å². The van der Waals surface area contributed by atoms with Crippen LogP contribution in [-0.4, -0.2) is 22.3 Å². The van der Waals surface area contributed by atoms with Crippen LogP contribution in [0.2, 0.25) is 0 Å². The molecule has 3 aromatic carbocycles. The van der Waals surface area contributed by atoms with Crippen molar-refractivity contribution < 1.29 is 15.0 Å². The van der Waals surface area contributed by atoms with Gasteiger partial charge < -0.3 is 15.9 Å². The van der Waals surface area contributed by atoms with Gasteiger partial charge in [0, 0.05) is 6.42 Å². The summed E-state index contributed by atoms with van der Waals surface area (Å²) in [6.07, 6.45) is 0.262. The van der Waals surface area contributed by atoms with Crippen LogP contribution in [0.4, 0.5) is 0 Å². The van der Waals surface area contributed by atoms with Crippen molar-refractivity contribution in [1.29, 1.82) is 0 Å². The van der Waals surface area contributed by atoms with Crippen molar-refractivity contribution in [2.24, 2.45) is 5.73 Å². The highest BCUT2D eigenvalue weighted by Gasteiger charge is 2.27. The number of rotatable bonds is 2. The molecule has 0 fully saturated rings. The lowest BCUT2D eigenvalue weighted by Crippen LogP contribution is -2.21. The van der Waals surface area contributed by atoms with E-state index >= 15 is 0 Å². The Bertz CT molecular complexity index is 967. The van der Waals surface area contributed by atoms with Gasteiger partial charge in [0.2, 0.25) is 0 Å². The Hall–Kier alpha value is -2.69. The van der Waals surface area contributed by atoms with Crippen molar-refractivity contribution in [3.8, 4) is 0 Å². The number of aryl methyl sites for hydroxylation is 1. The first-order valence-corrected chi connectivity index (χ1v) is 9.12. The maximum Gasteiger partial charge on any atom is 0.310 e. The van der Waals surface area contributed by atoms with Gasteiger partial charge in [0.05, 0.1) is 18.1 Å². The number of aliphatic carboxylic acids is 1. The van der Waals surface area contributed by atoms with Crippen molar-refractivity contribution >= 4 is 16.7 Å². The van der Waals surface area contributed by atoms with Gasteiger partial charge in [0.25, 0.3) is 0 Å². The van der Waals surface area contributed by atoms with Crippen molar-refractivity contribution in [3.63, 3.8) is 0 Å². The largest absolute Gasteiger partial charge is 0.481 e. The zero-order chi connectivity index (χ0) is 19.6. The second-order valence-corrected chi connectivity index (χ2v) is 7.11. The van der Waals surface area contributed by atoms with E-state index in [0.29, 0.717) is 6.42 Å². The second-order valence-electron chi connectivity index (χ2n) is 7.11. The minimum absolute atomic E-state index is 0.218. The molecule has 0 heterocycles. The van der Waals surface area contributed by atoms with Crippen molar-refractivity contribution in [3.05, 3.63) is 82.9 Å². The van der Waals surface area contributed by atoms with Crippen LogP contribution in [0, 0.1) is 6.92 Å². The minimum Gasteiger partial charge on any atom is -0.481 e. The molecule has 0 aliphatic heterocycles. The molecule has 4 nitrogen and oxygen atoms in total. The van der Waals surface area contributed by atoms with E-state index in [0.717, 1.165) is 16.7 Å². The van der Waals surface area contributed by atoms with E-state index in [2.05, 4.69) is 24.3 Å². The average Bonchev–Trinajstić information content (AvgIpc) is 2.93. The van der Waals surface area contributed by atoms with Gasteiger partial charge in [-0.3, -0.25) is 4.79 Å². The smallest absolute Gasteiger partial charge is 0.310 e. The molecule has 27 heavy (non-hydrogen) atoms. The molecule has 0 saturated heterocycles. The molecule has 4 rings (SSSR count). The van der Waals surface area contributed by atoms with Gasteiger partial charge in [0.1, 0.15) is 0 Å². The van der Waals surface area contributed by atoms with Crippen LogP contribution in [0.25, 0.3) is 10.8 Å². The monoisotopic (exact) mass is 363 g/mol. The van der Waals surface area contributed by atoms with Gasteiger partial charge in [-0.2, -0.15) is 0 Å². The standard InChI is InChI=1S/C13H13NO.C10H12O2/c14-13-11-6-9-4-2-1-3-8(9)5-10(11)7-12(13)15;1-7-5-3-4-6-9(7)8(2)10(11)12/h1-6,12-13,15H,7,14H2;3-6,8H,1-2H3,(H,11,12)/t12-,13+;8-/m00/s1. The highest BCUT2D eigenvalue weighted by Crippen LogP contribution is 2.32. The number of carboxylic acids is 1. The molecule has 0 aromatic heterocycles. The number of carbonyl (C=O) groups is 1. The zero-order valence-corrected chi connectivity index (χ0v) is 15.6. The van der Waals surface area contributed by atoms with E-state index in [1.807, 2.05) is 43.3 Å². The van der Waals surface area contributed by atoms with Crippen LogP contribution in [0.1, 0.15) is 41.1 Å². The molecule has 0 amide bonds. The Morgan fingerprint density at radius 2 is 1.67 bits per heavy atom. The summed E-state index contributed by atoms with van der Waals surface area (Å²) in [7, 11) is 0. The van der Waals surface area contributed by atoms with Crippen LogP contribution in [0.15, 0.2) is 60.7 Å². The van der Waals surface area contributed by atoms with E-state index < -0.39 is 18.0 Å². The lowest BCUT2D eigenvalue weighted by molar-refractivity contribution is -0.138. The van der Waals surface area contributed by atoms with E-state index in [4.69, 9.17) is 10.8 Å². The van der Waals surface area contributed by atoms with Crippen LogP contribution in [-0.2, 0) is 11.2 Å². The maximum atomic E-state index is 10.7. The number of fused-ring (bicyclic) bond motifs is 2. The highest BCUT2D eigenvalue weighted by molar-refractivity contribution is 5.84. The van der Waals surface area contributed by atoms with Crippen LogP contribution < -0.4 is 5.73 Å². The number of aliphatic hydroxyl groups is 1. The molecule has 0 saturated carbocycles. The fourth-order valence-electron chi connectivity index (χ4n) is 3.56. The van der Waals surface area contributed by atoms with Crippen molar-refractivity contribution in [2.45, 2.75) is 38.3 Å². The van der Waals surface area contributed by atoms with E-state index in [9.17, 15) is 9.90 Å². The summed E-state index contributed by atoms with van der Waals surface area (Å²) in [5, 5.41) is 20.9. The first-order valence-electron chi connectivity index (χ1n) is 9.12. The number of hydrogen-bond acceptors (Lipinski definition) is 3. The number of benzene rings is 3. The number of aliphatic hydroxyl groups excluding tert-OH is 1. The summed E-state index contributed by atoms with van der Waals surface area (Å²) >= 11 is 0. The van der Waals surface area contributed by atoms with Crippen LogP contribution in [0.3, 0.4) is 0 Å². The minimum atomic E-state index is -0.774. The topological polar surface area (TPSA) is 83.5 Å². The number of carboxylic acid groups (broad SMARTS) is 1. The van der Waals surface area contributed by atoms with Gasteiger partial charge in [-0.25, -0.2) is 0 Å². The first kappa shape index (κ1) is 19.1. The fraction of sp³-hybridized carbons (Fsp3) is 0.261. The van der Waals surface area contributed by atoms with Crippen LogP contribution >= 0.6 is 0 Å². The second kappa shape index (κ2) is 7.91. The predicted molar refractivity (Wildman–Crippen MR) is 108 cm³/mol. The van der Waals surface area contributed by atoms with E-state index in [1.54, 1.807) is 6.92 Å². The predicted octanol–water partition coefficient (Wildman–Crippen LogP) is 3.94. The van der Waals surface area contributed by atoms with Crippen molar-refractivity contribution in [2.75, 3.05) is 0 Å². The summed E-state index contributed by atoms with van der Waals surface area (Å²) in [5.41, 5.74) is 10.1. The van der Waals surface area contributed by atoms with Gasteiger partial charge in [-0.1, -0.05) is 54.6 Å². The Morgan fingerprint density at radius 1 is 1.07 bits per heavy atom. The molecule has 3 atom stereocenters. The SMILES string of the molecule is Cc1ccccc1[C@H](C)C(=O)O.N[C@@H]1c2cc3ccccc3cc2C[C@@H]1O. The molecular weight excluding hydrogens is 338 g/mol. The summed E-state index contributed by atoms with van der Waals surface area (Å²) in [6, 6.07) is 19.8. The average molecular weight is 363 g/mol. The molecule has 0 radical (unpaired) electrons. The fourth-order valence-corrected chi connectivity index (χ4v) is 3.56.